The van der Waals surface area contributed by atoms with Gasteiger partial charge in [0.05, 0.1) is 16.4 Å². The highest BCUT2D eigenvalue weighted by Crippen LogP contribution is 2.29. The Morgan fingerprint density at radius 2 is 1.71 bits per heavy atom. The number of pyridine rings is 1. The van der Waals surface area contributed by atoms with Crippen molar-refractivity contribution in [2.45, 2.75) is 12.4 Å². The van der Waals surface area contributed by atoms with E-state index in [1.54, 1.807) is 32.3 Å². The molecule has 1 radical (unpaired) electrons. The van der Waals surface area contributed by atoms with Crippen LogP contribution in [0.1, 0.15) is 17.4 Å². The summed E-state index contributed by atoms with van der Waals surface area (Å²) >= 11 is -2.62. The van der Waals surface area contributed by atoms with E-state index in [1.807, 2.05) is 6.92 Å². The number of anilines is 2. The first-order valence-electron chi connectivity index (χ1n) is 12.8. The predicted molar refractivity (Wildman–Crippen MR) is 156 cm³/mol. The van der Waals surface area contributed by atoms with Gasteiger partial charge < -0.3 is 14.4 Å². The Kier molecular flexibility index (Phi) is 10.8. The smallest absolute Gasteiger partial charge is 0.468 e. The number of benzene rings is 2. The van der Waals surface area contributed by atoms with Crippen LogP contribution in [0.4, 0.5) is 28.8 Å². The molecule has 0 saturated heterocycles. The average molecular weight is 782 g/mol. The number of carbonyl (C=O) groups excluding carboxylic acids is 2. The Bertz CT molecular complexity index is 1770. The second kappa shape index (κ2) is 14.2. The van der Waals surface area contributed by atoms with Crippen molar-refractivity contribution in [2.24, 2.45) is 0 Å². The maximum Gasteiger partial charge on any atom is 0.526 e. The molecule has 0 atom stereocenters. The van der Waals surface area contributed by atoms with E-state index in [1.165, 1.54) is 64.6 Å². The van der Waals surface area contributed by atoms with Crippen molar-refractivity contribution >= 4 is 54.4 Å². The monoisotopic (exact) mass is 781 g/mol. The summed E-state index contributed by atoms with van der Waals surface area (Å²) in [5.74, 6) is -0.0805. The van der Waals surface area contributed by atoms with E-state index >= 15 is 0 Å². The highest BCUT2D eigenvalue weighted by atomic mass is 127. The molecule has 4 rings (SSSR count). The summed E-state index contributed by atoms with van der Waals surface area (Å²) in [6.07, 6.45) is 1.11. The second-order valence-electron chi connectivity index (χ2n) is 9.14. The largest absolute Gasteiger partial charge is 0.526 e. The van der Waals surface area contributed by atoms with E-state index in [4.69, 9.17) is 12.0 Å². The van der Waals surface area contributed by atoms with Crippen LogP contribution in [-0.4, -0.2) is 75.3 Å². The number of urea groups is 1. The van der Waals surface area contributed by atoms with Gasteiger partial charge in [0.25, 0.3) is 5.91 Å². The first-order chi connectivity index (χ1) is 21.2. The lowest BCUT2D eigenvalue weighted by Gasteiger charge is -2.21. The summed E-state index contributed by atoms with van der Waals surface area (Å²) in [6, 6.07) is 13.1. The van der Waals surface area contributed by atoms with Gasteiger partial charge in [-0.05, 0) is 64.0 Å². The molecule has 2 aromatic carbocycles. The van der Waals surface area contributed by atoms with Crippen molar-refractivity contribution in [3.63, 3.8) is 0 Å². The van der Waals surface area contributed by atoms with Crippen LogP contribution < -0.4 is 35.2 Å². The van der Waals surface area contributed by atoms with Gasteiger partial charge >= 0.3 is 41.9 Å². The molecule has 0 aliphatic heterocycles. The number of nitrogens with zero attached hydrogens (tertiary/aromatic N) is 4. The number of carbonyl (C=O) groups is 2. The molecule has 0 bridgehead atoms. The van der Waals surface area contributed by atoms with E-state index in [0.717, 1.165) is 10.9 Å². The molecule has 0 unspecified atom stereocenters. The molecule has 2 aromatic heterocycles. The Balaban J connectivity index is 1.56. The minimum absolute atomic E-state index is 0.0774. The lowest BCUT2D eigenvalue weighted by molar-refractivity contribution is -1.03. The third-order valence-electron chi connectivity index (χ3n) is 5.76. The lowest BCUT2D eigenvalue weighted by Crippen LogP contribution is -3.85. The lowest BCUT2D eigenvalue weighted by atomic mass is 10.3. The van der Waals surface area contributed by atoms with Crippen molar-refractivity contribution < 1.29 is 63.4 Å². The quantitative estimate of drug-likeness (QED) is 0.105. The zero-order chi connectivity index (χ0) is 32.9. The first-order valence-corrected chi connectivity index (χ1v) is 18.1. The fraction of sp³-hybridized carbons (Fsp3) is 0.259. The highest BCUT2D eigenvalue weighted by molar-refractivity contribution is 7.87. The SMILES string of the molecule is CCOCOc1ccc2nc(NC(=O)c3ccc([I+](OS(=O)(=O)C(F)(F)F)c4ccc(N(C)C(=O)N(C)C)cc4)cn3)sc2c1. The molecule has 0 spiro atoms. The van der Waals surface area contributed by atoms with Gasteiger partial charge in [-0.2, -0.15) is 21.6 Å². The van der Waals surface area contributed by atoms with Crippen LogP contribution in [0.2, 0.25) is 0 Å². The average Bonchev–Trinajstić information content (AvgIpc) is 3.40. The number of nitrogens with one attached hydrogen (secondary N) is 1. The second-order valence-corrected chi connectivity index (χ2v) is 16.7. The van der Waals surface area contributed by atoms with Crippen molar-refractivity contribution in [3.8, 4) is 5.75 Å². The van der Waals surface area contributed by atoms with E-state index < -0.39 is 41.8 Å². The number of aromatic nitrogens is 2. The Labute approximate surface area is 268 Å². The van der Waals surface area contributed by atoms with Gasteiger partial charge in [0.15, 0.2) is 15.5 Å². The molecule has 0 aliphatic rings. The number of ether oxygens (including phenoxy) is 2. The zero-order valence-corrected chi connectivity index (χ0v) is 28.0. The molecule has 2 heterocycles. The molecular formula is C27H27F3IN5O7S2+. The van der Waals surface area contributed by atoms with Gasteiger partial charge in [0.2, 0.25) is 3.57 Å². The number of hydrogen-bond acceptors (Lipinski definition) is 10. The fourth-order valence-electron chi connectivity index (χ4n) is 3.52. The summed E-state index contributed by atoms with van der Waals surface area (Å²) in [4.78, 5) is 36.2. The maximum atomic E-state index is 13.3. The molecular weight excluding hydrogens is 754 g/mol. The number of alkyl halides is 3. The minimum Gasteiger partial charge on any atom is -0.468 e. The van der Waals surface area contributed by atoms with E-state index in [9.17, 15) is 31.2 Å². The molecule has 1 N–H and O–H groups in total. The molecule has 4 aromatic rings. The number of halogens is 4. The minimum atomic E-state index is -5.97. The highest BCUT2D eigenvalue weighted by Gasteiger charge is 2.54. The standard InChI is InChI=1S/C27H27F3IN5O7S2/c1-5-41-16-42-20-11-13-21-23(14-20)44-25(33-21)34-24(37)22-12-8-18(15-32-22)31(43-45(39,40)27(28,29)30)17-6-9-19(10-7-17)36(4)26(38)35(2)3/h6-15H,5,16H2,1-4H3,(H,33,34,37)/q+1. The van der Waals surface area contributed by atoms with Crippen molar-refractivity contribution in [1.29, 1.82) is 0 Å². The third kappa shape index (κ3) is 8.37. The van der Waals surface area contributed by atoms with Gasteiger partial charge in [-0.15, -0.1) is 0 Å². The number of thiazole rings is 1. The number of hydrogen-bond donors (Lipinski definition) is 1. The summed E-state index contributed by atoms with van der Waals surface area (Å²) in [5.41, 5.74) is -4.71. The first kappa shape index (κ1) is 34.3. The number of fused-ring (bicyclic) bond motifs is 1. The van der Waals surface area contributed by atoms with Gasteiger partial charge in [0, 0.05) is 33.4 Å². The topological polar surface area (TPSA) is 140 Å². The molecule has 241 valence electrons. The fourth-order valence-corrected chi connectivity index (χ4v) is 10.7. The van der Waals surface area contributed by atoms with Gasteiger partial charge in [-0.1, -0.05) is 11.3 Å². The van der Waals surface area contributed by atoms with Gasteiger partial charge in [0.1, 0.15) is 11.4 Å². The Morgan fingerprint density at radius 3 is 2.31 bits per heavy atom. The Morgan fingerprint density at radius 1 is 1.02 bits per heavy atom. The molecule has 0 saturated carbocycles. The van der Waals surface area contributed by atoms with Gasteiger partial charge in [-0.3, -0.25) is 15.0 Å². The maximum absolute atomic E-state index is 13.3. The third-order valence-corrected chi connectivity index (χ3v) is 13.7. The molecule has 18 heteroatoms. The predicted octanol–water partition coefficient (Wildman–Crippen LogP) is 1.88. The van der Waals surface area contributed by atoms with Crippen molar-refractivity contribution in [2.75, 3.05) is 44.8 Å². The number of rotatable bonds is 11. The van der Waals surface area contributed by atoms with Crippen LogP contribution in [0.15, 0.2) is 60.8 Å². The summed E-state index contributed by atoms with van der Waals surface area (Å²) in [5, 5.41) is 2.91. The zero-order valence-electron chi connectivity index (χ0n) is 24.2. The van der Waals surface area contributed by atoms with Crippen LogP contribution in [0.5, 0.6) is 5.75 Å². The summed E-state index contributed by atoms with van der Waals surface area (Å²) < 4.78 is 80.3. The van der Waals surface area contributed by atoms with E-state index in [2.05, 4.69) is 15.3 Å². The van der Waals surface area contributed by atoms with Crippen molar-refractivity contribution in [3.05, 3.63) is 73.6 Å². The van der Waals surface area contributed by atoms with E-state index in [-0.39, 0.29) is 30.8 Å². The molecule has 0 fully saturated rings. The van der Waals surface area contributed by atoms with Crippen LogP contribution in [0, 0.1) is 7.14 Å². The molecule has 0 aliphatic carbocycles. The van der Waals surface area contributed by atoms with Gasteiger partial charge in [-0.25, -0.2) is 14.8 Å². The number of amides is 3. The Hall–Kier alpha value is -3.59. The van der Waals surface area contributed by atoms with E-state index in [0.29, 0.717) is 23.6 Å². The summed E-state index contributed by atoms with van der Waals surface area (Å²) in [7, 11) is -1.35. The molecule has 45 heavy (non-hydrogen) atoms. The van der Waals surface area contributed by atoms with Crippen LogP contribution in [-0.2, 0) is 17.4 Å². The van der Waals surface area contributed by atoms with Crippen LogP contribution in [0.3, 0.4) is 0 Å². The van der Waals surface area contributed by atoms with Crippen LogP contribution in [0.25, 0.3) is 10.2 Å². The van der Waals surface area contributed by atoms with Crippen LogP contribution >= 0.6 is 11.3 Å². The summed E-state index contributed by atoms with van der Waals surface area (Å²) in [6.45, 7) is 2.43. The van der Waals surface area contributed by atoms with Crippen molar-refractivity contribution in [1.82, 2.24) is 14.9 Å². The normalized spacial score (nSPS) is 11.9. The molecule has 3 amide bonds. The molecule has 12 nitrogen and oxygen atoms in total.